The van der Waals surface area contributed by atoms with Crippen LogP contribution in [0.25, 0.3) is 5.69 Å². The fourth-order valence-corrected chi connectivity index (χ4v) is 5.33. The number of halogens is 1. The first kappa shape index (κ1) is 22.5. The Morgan fingerprint density at radius 2 is 1.85 bits per heavy atom. The lowest BCUT2D eigenvalue weighted by molar-refractivity contribution is 0.0365. The number of aromatic nitrogens is 2. The summed E-state index contributed by atoms with van der Waals surface area (Å²) in [5.41, 5.74) is 3.33. The summed E-state index contributed by atoms with van der Waals surface area (Å²) in [6.07, 6.45) is 5.03. The maximum absolute atomic E-state index is 5.85. The second kappa shape index (κ2) is 10.3. The van der Waals surface area contributed by atoms with E-state index in [1.54, 1.807) is 0 Å². The average Bonchev–Trinajstić information content (AvgIpc) is 3.45. The van der Waals surface area contributed by atoms with Gasteiger partial charge in [0.1, 0.15) is 0 Å². The van der Waals surface area contributed by atoms with Gasteiger partial charge >= 0.3 is 0 Å². The molecule has 0 aliphatic carbocycles. The molecule has 0 bridgehead atoms. The average molecular weight is 527 g/mol. The van der Waals surface area contributed by atoms with Gasteiger partial charge in [0.2, 0.25) is 0 Å². The number of thiocarbonyl (C=S) groups is 1. The molecule has 0 saturated carbocycles. The van der Waals surface area contributed by atoms with Crippen LogP contribution in [-0.2, 0) is 4.74 Å². The van der Waals surface area contributed by atoms with Crippen molar-refractivity contribution in [3.63, 3.8) is 0 Å². The highest BCUT2D eigenvalue weighted by Crippen LogP contribution is 2.39. The van der Waals surface area contributed by atoms with Crippen molar-refractivity contribution in [1.29, 1.82) is 0 Å². The third kappa shape index (κ3) is 4.99. The van der Waals surface area contributed by atoms with Crippen LogP contribution in [0, 0.1) is 0 Å². The lowest BCUT2D eigenvalue weighted by Gasteiger charge is -2.31. The number of hydrogen-bond acceptors (Lipinski definition) is 4. The normalized spacial score (nSPS) is 21.4. The quantitative estimate of drug-likeness (QED) is 0.463. The first-order chi connectivity index (χ1) is 16.2. The van der Waals surface area contributed by atoms with Crippen molar-refractivity contribution in [1.82, 2.24) is 24.7 Å². The number of pyridine rings is 1. The van der Waals surface area contributed by atoms with Crippen molar-refractivity contribution in [2.45, 2.75) is 18.5 Å². The van der Waals surface area contributed by atoms with Crippen molar-refractivity contribution in [2.24, 2.45) is 0 Å². The molecule has 172 valence electrons. The number of morpholine rings is 1. The van der Waals surface area contributed by atoms with Gasteiger partial charge in [-0.2, -0.15) is 0 Å². The SMILES string of the molecule is S=C1N[C@@H](c2ccccn2)[C@H](c2cccn2-c2ccc(Br)cc2)N1CCCN1CCOCC1. The molecule has 1 aromatic carbocycles. The van der Waals surface area contributed by atoms with Crippen LogP contribution < -0.4 is 5.32 Å². The molecule has 0 radical (unpaired) electrons. The fraction of sp³-hybridized carbons (Fsp3) is 0.360. The van der Waals surface area contributed by atoms with Crippen molar-refractivity contribution in [3.05, 3.63) is 82.9 Å². The van der Waals surface area contributed by atoms with Gasteiger partial charge in [0.15, 0.2) is 5.11 Å². The lowest BCUT2D eigenvalue weighted by atomic mass is 10.0. The second-order valence-electron chi connectivity index (χ2n) is 8.41. The van der Waals surface area contributed by atoms with E-state index in [1.807, 2.05) is 18.3 Å². The number of benzene rings is 1. The van der Waals surface area contributed by atoms with Crippen molar-refractivity contribution < 1.29 is 4.74 Å². The summed E-state index contributed by atoms with van der Waals surface area (Å²) in [5.74, 6) is 0. The highest BCUT2D eigenvalue weighted by atomic mass is 79.9. The molecular formula is C25H28BrN5OS. The van der Waals surface area contributed by atoms with Crippen LogP contribution >= 0.6 is 28.1 Å². The Kier molecular flexibility index (Phi) is 7.06. The van der Waals surface area contributed by atoms with E-state index in [1.165, 1.54) is 5.69 Å². The highest BCUT2D eigenvalue weighted by Gasteiger charge is 2.41. The van der Waals surface area contributed by atoms with Gasteiger partial charge in [-0.15, -0.1) is 0 Å². The topological polar surface area (TPSA) is 45.6 Å². The molecule has 0 amide bonds. The van der Waals surface area contributed by atoms with Gasteiger partial charge in [0, 0.05) is 54.4 Å². The standard InChI is InChI=1S/C25H28BrN5OS/c26-19-7-9-20(10-8-19)30-13-3-6-22(30)24-23(21-5-1-2-11-27-21)28-25(33)31(24)14-4-12-29-15-17-32-18-16-29/h1-3,5-11,13,23-24H,4,12,14-18H2,(H,28,33)/t23-,24-/m0/s1. The first-order valence-electron chi connectivity index (χ1n) is 11.4. The highest BCUT2D eigenvalue weighted by molar-refractivity contribution is 9.10. The minimum absolute atomic E-state index is 0.00816. The van der Waals surface area contributed by atoms with E-state index in [0.717, 1.165) is 66.8 Å². The van der Waals surface area contributed by atoms with Crippen LogP contribution in [0.15, 0.2) is 71.5 Å². The largest absolute Gasteiger partial charge is 0.379 e. The van der Waals surface area contributed by atoms with Gasteiger partial charge < -0.3 is 19.5 Å². The van der Waals surface area contributed by atoms with E-state index < -0.39 is 0 Å². The van der Waals surface area contributed by atoms with Gasteiger partial charge in [-0.3, -0.25) is 9.88 Å². The Balaban J connectivity index is 1.44. The van der Waals surface area contributed by atoms with Crippen LogP contribution in [-0.4, -0.2) is 63.9 Å². The predicted molar refractivity (Wildman–Crippen MR) is 138 cm³/mol. The van der Waals surface area contributed by atoms with E-state index in [-0.39, 0.29) is 12.1 Å². The number of hydrogen-bond donors (Lipinski definition) is 1. The summed E-state index contributed by atoms with van der Waals surface area (Å²) in [6, 6.07) is 18.8. The molecule has 3 aromatic rings. The summed E-state index contributed by atoms with van der Waals surface area (Å²) in [5, 5.41) is 4.37. The van der Waals surface area contributed by atoms with Crippen molar-refractivity contribution in [3.8, 4) is 5.69 Å². The van der Waals surface area contributed by atoms with Crippen molar-refractivity contribution in [2.75, 3.05) is 39.4 Å². The van der Waals surface area contributed by atoms with Crippen molar-refractivity contribution >= 4 is 33.3 Å². The number of rotatable bonds is 7. The van der Waals surface area contributed by atoms with Gasteiger partial charge in [-0.05, 0) is 67.2 Å². The van der Waals surface area contributed by atoms with E-state index in [9.17, 15) is 0 Å². The lowest BCUT2D eigenvalue weighted by Crippen LogP contribution is -2.39. The predicted octanol–water partition coefficient (Wildman–Crippen LogP) is 4.33. The zero-order valence-electron chi connectivity index (χ0n) is 18.4. The molecule has 2 atom stereocenters. The van der Waals surface area contributed by atoms with Gasteiger partial charge in [-0.1, -0.05) is 22.0 Å². The van der Waals surface area contributed by atoms with Crippen LogP contribution in [0.3, 0.4) is 0 Å². The van der Waals surface area contributed by atoms with Gasteiger partial charge in [-0.25, -0.2) is 0 Å². The van der Waals surface area contributed by atoms with E-state index in [0.29, 0.717) is 0 Å². The van der Waals surface area contributed by atoms with E-state index in [4.69, 9.17) is 17.0 Å². The van der Waals surface area contributed by atoms with Gasteiger partial charge in [0.05, 0.1) is 31.0 Å². The van der Waals surface area contributed by atoms with Crippen LogP contribution in [0.2, 0.25) is 0 Å². The molecule has 2 fully saturated rings. The summed E-state index contributed by atoms with van der Waals surface area (Å²) >= 11 is 9.40. The molecule has 33 heavy (non-hydrogen) atoms. The molecule has 4 heterocycles. The monoisotopic (exact) mass is 525 g/mol. The minimum atomic E-state index is -0.00816. The molecule has 2 aliphatic heterocycles. The maximum atomic E-state index is 5.85. The van der Waals surface area contributed by atoms with Crippen LogP contribution in [0.4, 0.5) is 0 Å². The Labute approximate surface area is 208 Å². The summed E-state index contributed by atoms with van der Waals surface area (Å²) < 4.78 is 8.82. The van der Waals surface area contributed by atoms with E-state index >= 15 is 0 Å². The van der Waals surface area contributed by atoms with E-state index in [2.05, 4.69) is 89.3 Å². The Bertz CT molecular complexity index is 1070. The molecule has 0 spiro atoms. The van der Waals surface area contributed by atoms with Gasteiger partial charge in [0.25, 0.3) is 0 Å². The summed E-state index contributed by atoms with van der Waals surface area (Å²) in [7, 11) is 0. The van der Waals surface area contributed by atoms with Crippen LogP contribution in [0.5, 0.6) is 0 Å². The molecule has 0 unspecified atom stereocenters. The zero-order chi connectivity index (χ0) is 22.6. The van der Waals surface area contributed by atoms with Crippen LogP contribution in [0.1, 0.15) is 29.9 Å². The number of nitrogens with one attached hydrogen (secondary N) is 1. The molecule has 5 rings (SSSR count). The second-order valence-corrected chi connectivity index (χ2v) is 9.71. The smallest absolute Gasteiger partial charge is 0.170 e. The molecule has 2 saturated heterocycles. The Morgan fingerprint density at radius 3 is 2.61 bits per heavy atom. The number of nitrogens with zero attached hydrogens (tertiary/aromatic N) is 4. The molecule has 2 aliphatic rings. The maximum Gasteiger partial charge on any atom is 0.170 e. The third-order valence-electron chi connectivity index (χ3n) is 6.36. The molecule has 6 nitrogen and oxygen atoms in total. The minimum Gasteiger partial charge on any atom is -0.379 e. The third-order valence-corrected chi connectivity index (χ3v) is 7.24. The first-order valence-corrected chi connectivity index (χ1v) is 12.6. The molecule has 1 N–H and O–H groups in total. The molecular weight excluding hydrogens is 498 g/mol. The Morgan fingerprint density at radius 1 is 1.03 bits per heavy atom. The zero-order valence-corrected chi connectivity index (χ0v) is 20.8. The summed E-state index contributed by atoms with van der Waals surface area (Å²) in [4.78, 5) is 9.50. The molecule has 8 heteroatoms. The number of ether oxygens (including phenoxy) is 1. The Hall–Kier alpha value is -2.26. The fourth-order valence-electron chi connectivity index (χ4n) is 4.73. The summed E-state index contributed by atoms with van der Waals surface area (Å²) in [6.45, 7) is 5.62. The molecule has 2 aromatic heterocycles.